The van der Waals surface area contributed by atoms with E-state index in [4.69, 9.17) is 16.3 Å². The summed E-state index contributed by atoms with van der Waals surface area (Å²) in [6, 6.07) is 10.6. The zero-order valence-corrected chi connectivity index (χ0v) is 17.5. The molecular weight excluding hydrogens is 487 g/mol. The first-order chi connectivity index (χ1) is 12.4. The number of nitrogens with zero attached hydrogens (tertiary/aromatic N) is 1. The maximum absolute atomic E-state index is 12.0. The molecule has 0 spiro atoms. The standard InChI is InChI=1S/C18H13Br2ClN2O3/c1-23-17(24)15(22-18(23)25)8-10-6-12(19)16(13(20)7-10)26-9-11-4-2-3-5-14(11)21/h2-8H,9H2,1H3,(H,22,25)/b15-8+. The Kier molecular flexibility index (Phi) is 5.70. The molecule has 0 aliphatic carbocycles. The number of carbonyl (C=O) groups is 2. The lowest BCUT2D eigenvalue weighted by atomic mass is 10.2. The van der Waals surface area contributed by atoms with E-state index in [0.717, 1.165) is 16.0 Å². The maximum atomic E-state index is 12.0. The van der Waals surface area contributed by atoms with E-state index < -0.39 is 6.03 Å². The molecule has 0 radical (unpaired) electrons. The fourth-order valence-electron chi connectivity index (χ4n) is 2.36. The molecule has 0 bridgehead atoms. The van der Waals surface area contributed by atoms with Gasteiger partial charge >= 0.3 is 6.03 Å². The fourth-order valence-corrected chi connectivity index (χ4v) is 4.00. The van der Waals surface area contributed by atoms with Crippen LogP contribution in [0.15, 0.2) is 51.0 Å². The Morgan fingerprint density at radius 2 is 1.85 bits per heavy atom. The lowest BCUT2D eigenvalue weighted by Gasteiger charge is -2.12. The quantitative estimate of drug-likeness (QED) is 0.477. The summed E-state index contributed by atoms with van der Waals surface area (Å²) in [5, 5.41) is 3.17. The van der Waals surface area contributed by atoms with E-state index in [0.29, 0.717) is 26.3 Å². The number of halogens is 3. The topological polar surface area (TPSA) is 58.6 Å². The lowest BCUT2D eigenvalue weighted by Crippen LogP contribution is -2.25. The number of urea groups is 1. The fraction of sp³-hybridized carbons (Fsp3) is 0.111. The monoisotopic (exact) mass is 498 g/mol. The first-order valence-electron chi connectivity index (χ1n) is 7.53. The van der Waals surface area contributed by atoms with Gasteiger partial charge in [-0.15, -0.1) is 0 Å². The summed E-state index contributed by atoms with van der Waals surface area (Å²) in [6.45, 7) is 0.316. The van der Waals surface area contributed by atoms with Crippen molar-refractivity contribution in [2.45, 2.75) is 6.61 Å². The molecule has 0 atom stereocenters. The predicted molar refractivity (Wildman–Crippen MR) is 107 cm³/mol. The molecule has 26 heavy (non-hydrogen) atoms. The van der Waals surface area contributed by atoms with Gasteiger partial charge in [-0.1, -0.05) is 29.8 Å². The van der Waals surface area contributed by atoms with Gasteiger partial charge < -0.3 is 10.1 Å². The second kappa shape index (κ2) is 7.82. The SMILES string of the molecule is CN1C(=O)N/C(=C/c2cc(Br)c(OCc3ccccc3Cl)c(Br)c2)C1=O. The highest BCUT2D eigenvalue weighted by Gasteiger charge is 2.30. The summed E-state index contributed by atoms with van der Waals surface area (Å²) in [7, 11) is 1.43. The summed E-state index contributed by atoms with van der Waals surface area (Å²) in [5.41, 5.74) is 1.83. The molecule has 1 aliphatic heterocycles. The van der Waals surface area contributed by atoms with Gasteiger partial charge in [0.15, 0.2) is 0 Å². The molecule has 3 rings (SSSR count). The number of amides is 3. The smallest absolute Gasteiger partial charge is 0.328 e. The number of nitrogens with one attached hydrogen (secondary N) is 1. The van der Waals surface area contributed by atoms with Crippen LogP contribution in [0.2, 0.25) is 5.02 Å². The van der Waals surface area contributed by atoms with Crippen LogP contribution in [0.3, 0.4) is 0 Å². The number of carbonyl (C=O) groups excluding carboxylic acids is 2. The Morgan fingerprint density at radius 3 is 2.42 bits per heavy atom. The van der Waals surface area contributed by atoms with Crippen LogP contribution in [-0.4, -0.2) is 23.9 Å². The summed E-state index contributed by atoms with van der Waals surface area (Å²) in [4.78, 5) is 24.5. The second-order valence-corrected chi connectivity index (χ2v) is 7.66. The Morgan fingerprint density at radius 1 is 1.19 bits per heavy atom. The minimum atomic E-state index is -0.445. The molecular formula is C18H13Br2ClN2O3. The molecule has 1 fully saturated rings. The molecule has 1 N–H and O–H groups in total. The van der Waals surface area contributed by atoms with Crippen molar-refractivity contribution in [1.82, 2.24) is 10.2 Å². The highest BCUT2D eigenvalue weighted by Crippen LogP contribution is 2.36. The number of hydrogen-bond acceptors (Lipinski definition) is 3. The molecule has 134 valence electrons. The zero-order valence-electron chi connectivity index (χ0n) is 13.6. The van der Waals surface area contributed by atoms with Gasteiger partial charge in [0.2, 0.25) is 0 Å². The van der Waals surface area contributed by atoms with Gasteiger partial charge in [-0.25, -0.2) is 4.79 Å². The van der Waals surface area contributed by atoms with Gasteiger partial charge in [0.05, 0.1) is 8.95 Å². The molecule has 2 aromatic carbocycles. The summed E-state index contributed by atoms with van der Waals surface area (Å²) >= 11 is 13.1. The van der Waals surface area contributed by atoms with Crippen molar-refractivity contribution in [2.24, 2.45) is 0 Å². The number of ether oxygens (including phenoxy) is 1. The molecule has 1 heterocycles. The largest absolute Gasteiger partial charge is 0.486 e. The molecule has 1 saturated heterocycles. The predicted octanol–water partition coefficient (Wildman–Crippen LogP) is 4.97. The number of likely N-dealkylation sites (N-methyl/N-ethyl adjacent to an activating group) is 1. The van der Waals surface area contributed by atoms with Crippen LogP contribution >= 0.6 is 43.5 Å². The highest BCUT2D eigenvalue weighted by atomic mass is 79.9. The van der Waals surface area contributed by atoms with E-state index in [1.165, 1.54) is 7.05 Å². The molecule has 0 saturated carbocycles. The van der Waals surface area contributed by atoms with Gasteiger partial charge in [0, 0.05) is 17.6 Å². The molecule has 1 aliphatic rings. The van der Waals surface area contributed by atoms with E-state index in [9.17, 15) is 9.59 Å². The van der Waals surface area contributed by atoms with Crippen LogP contribution < -0.4 is 10.1 Å². The Hall–Kier alpha value is -1.83. The number of imide groups is 1. The minimum absolute atomic E-state index is 0.223. The van der Waals surface area contributed by atoms with Crippen molar-refractivity contribution >= 4 is 61.5 Å². The Bertz CT molecular complexity index is 907. The van der Waals surface area contributed by atoms with Crippen LogP contribution in [-0.2, 0) is 11.4 Å². The van der Waals surface area contributed by atoms with Crippen LogP contribution in [0.5, 0.6) is 5.75 Å². The van der Waals surface area contributed by atoms with Crippen molar-refractivity contribution < 1.29 is 14.3 Å². The van der Waals surface area contributed by atoms with Crippen LogP contribution in [0.1, 0.15) is 11.1 Å². The van der Waals surface area contributed by atoms with E-state index >= 15 is 0 Å². The summed E-state index contributed by atoms with van der Waals surface area (Å²) in [6.07, 6.45) is 1.61. The normalized spacial score (nSPS) is 15.5. The van der Waals surface area contributed by atoms with Gasteiger partial charge in [0.1, 0.15) is 18.1 Å². The number of benzene rings is 2. The van der Waals surface area contributed by atoms with Gasteiger partial charge in [0.25, 0.3) is 5.91 Å². The van der Waals surface area contributed by atoms with Crippen molar-refractivity contribution in [3.63, 3.8) is 0 Å². The number of hydrogen-bond donors (Lipinski definition) is 1. The molecule has 0 unspecified atom stereocenters. The van der Waals surface area contributed by atoms with Crippen molar-refractivity contribution in [1.29, 1.82) is 0 Å². The second-order valence-electron chi connectivity index (χ2n) is 5.55. The van der Waals surface area contributed by atoms with Gasteiger partial charge in [-0.3, -0.25) is 9.69 Å². The summed E-state index contributed by atoms with van der Waals surface area (Å²) < 4.78 is 7.28. The van der Waals surface area contributed by atoms with Crippen LogP contribution in [0.4, 0.5) is 4.79 Å². The average Bonchev–Trinajstić information content (AvgIpc) is 2.82. The molecule has 3 amide bonds. The van der Waals surface area contributed by atoms with Crippen molar-refractivity contribution in [3.8, 4) is 5.75 Å². The number of rotatable bonds is 4. The van der Waals surface area contributed by atoms with E-state index in [1.807, 2.05) is 24.3 Å². The van der Waals surface area contributed by atoms with E-state index in [2.05, 4.69) is 37.2 Å². The third-order valence-electron chi connectivity index (χ3n) is 3.74. The third kappa shape index (κ3) is 3.95. The maximum Gasteiger partial charge on any atom is 0.328 e. The van der Waals surface area contributed by atoms with Crippen molar-refractivity contribution in [3.05, 3.63) is 67.2 Å². The molecule has 8 heteroatoms. The first kappa shape index (κ1) is 18.9. The lowest BCUT2D eigenvalue weighted by molar-refractivity contribution is -0.121. The van der Waals surface area contributed by atoms with Gasteiger partial charge in [-0.05, 0) is 61.7 Å². The molecule has 5 nitrogen and oxygen atoms in total. The van der Waals surface area contributed by atoms with Crippen LogP contribution in [0.25, 0.3) is 6.08 Å². The zero-order chi connectivity index (χ0) is 18.8. The molecule has 0 aromatic heterocycles. The van der Waals surface area contributed by atoms with Gasteiger partial charge in [-0.2, -0.15) is 0 Å². The van der Waals surface area contributed by atoms with Crippen LogP contribution in [0, 0.1) is 0 Å². The average molecular weight is 501 g/mol. The Balaban J connectivity index is 1.82. The Labute approximate surface area is 172 Å². The van der Waals surface area contributed by atoms with E-state index in [1.54, 1.807) is 18.2 Å². The van der Waals surface area contributed by atoms with E-state index in [-0.39, 0.29) is 11.6 Å². The molecule has 2 aromatic rings. The van der Waals surface area contributed by atoms with Crippen molar-refractivity contribution in [2.75, 3.05) is 7.05 Å². The highest BCUT2D eigenvalue weighted by molar-refractivity contribution is 9.11. The summed E-state index contributed by atoms with van der Waals surface area (Å²) in [5.74, 6) is 0.243. The first-order valence-corrected chi connectivity index (χ1v) is 9.49. The third-order valence-corrected chi connectivity index (χ3v) is 5.29. The minimum Gasteiger partial charge on any atom is -0.486 e.